The molecular formula is C9H9N3O3. The first-order chi connectivity index (χ1) is 7.00. The van der Waals surface area contributed by atoms with Gasteiger partial charge in [0, 0.05) is 17.8 Å². The van der Waals surface area contributed by atoms with Crippen LogP contribution in [-0.4, -0.2) is 22.0 Å². The number of aromatic nitrogens is 1. The van der Waals surface area contributed by atoms with Gasteiger partial charge in [0.15, 0.2) is 0 Å². The van der Waals surface area contributed by atoms with Crippen LogP contribution in [0.25, 0.3) is 6.08 Å². The van der Waals surface area contributed by atoms with E-state index in [1.54, 1.807) is 0 Å². The number of hydrogen-bond donors (Lipinski definition) is 3. The summed E-state index contributed by atoms with van der Waals surface area (Å²) in [7, 11) is 0. The lowest BCUT2D eigenvalue weighted by molar-refractivity contribution is -0.113. The quantitative estimate of drug-likeness (QED) is 0.596. The molecule has 6 heteroatoms. The van der Waals surface area contributed by atoms with Crippen molar-refractivity contribution in [2.24, 2.45) is 5.73 Å². The molecule has 1 aromatic heterocycles. The lowest BCUT2D eigenvalue weighted by Gasteiger charge is -2.00. The number of carboxylic acid groups (broad SMARTS) is 1. The number of pyridine rings is 1. The van der Waals surface area contributed by atoms with Crippen LogP contribution in [0.15, 0.2) is 18.3 Å². The van der Waals surface area contributed by atoms with E-state index in [1.807, 2.05) is 0 Å². The Balaban J connectivity index is 3.11. The zero-order valence-corrected chi connectivity index (χ0v) is 7.68. The number of carbonyl (C=O) groups excluding carboxylic acids is 1. The predicted molar refractivity (Wildman–Crippen MR) is 53.8 cm³/mol. The molecule has 15 heavy (non-hydrogen) atoms. The van der Waals surface area contributed by atoms with E-state index in [0.717, 1.165) is 12.3 Å². The minimum absolute atomic E-state index is 0.00618. The molecule has 0 radical (unpaired) electrons. The second-order valence-corrected chi connectivity index (χ2v) is 2.74. The summed E-state index contributed by atoms with van der Waals surface area (Å²) >= 11 is 0. The molecule has 1 heterocycles. The van der Waals surface area contributed by atoms with Crippen molar-refractivity contribution in [1.29, 1.82) is 0 Å². The standard InChI is InChI=1S/C9H9N3O3/c10-7(13)2-1-5-3-6(9(14)15)4-12-8(5)11/h1-4H,(H2,10,13)(H2,11,12)(H,14,15). The Morgan fingerprint density at radius 3 is 2.67 bits per heavy atom. The first kappa shape index (κ1) is 10.7. The Morgan fingerprint density at radius 1 is 1.47 bits per heavy atom. The molecule has 0 bridgehead atoms. The second kappa shape index (κ2) is 4.23. The van der Waals surface area contributed by atoms with Gasteiger partial charge in [0.25, 0.3) is 0 Å². The van der Waals surface area contributed by atoms with Crippen molar-refractivity contribution in [1.82, 2.24) is 4.98 Å². The van der Waals surface area contributed by atoms with Gasteiger partial charge in [-0.1, -0.05) is 0 Å². The van der Waals surface area contributed by atoms with E-state index in [4.69, 9.17) is 16.6 Å². The summed E-state index contributed by atoms with van der Waals surface area (Å²) in [5, 5.41) is 8.68. The van der Waals surface area contributed by atoms with Crippen molar-refractivity contribution in [2.45, 2.75) is 0 Å². The number of anilines is 1. The zero-order chi connectivity index (χ0) is 11.4. The van der Waals surface area contributed by atoms with Crippen LogP contribution in [0.2, 0.25) is 0 Å². The highest BCUT2D eigenvalue weighted by Gasteiger charge is 2.05. The molecular weight excluding hydrogens is 198 g/mol. The molecule has 1 amide bonds. The van der Waals surface area contributed by atoms with Gasteiger partial charge in [-0.25, -0.2) is 9.78 Å². The maximum absolute atomic E-state index is 10.6. The number of carboxylic acids is 1. The van der Waals surface area contributed by atoms with Crippen LogP contribution in [0.3, 0.4) is 0 Å². The summed E-state index contributed by atoms with van der Waals surface area (Å²) in [5.41, 5.74) is 10.7. The van der Waals surface area contributed by atoms with E-state index in [2.05, 4.69) is 4.98 Å². The van der Waals surface area contributed by atoms with Crippen molar-refractivity contribution < 1.29 is 14.7 Å². The molecule has 0 fully saturated rings. The predicted octanol–water partition coefficient (Wildman–Crippen LogP) is -0.139. The summed E-state index contributed by atoms with van der Waals surface area (Å²) in [6.45, 7) is 0. The third-order valence-corrected chi connectivity index (χ3v) is 1.62. The first-order valence-corrected chi connectivity index (χ1v) is 3.97. The maximum atomic E-state index is 10.6. The number of amides is 1. The fourth-order valence-corrected chi connectivity index (χ4v) is 0.915. The molecule has 0 saturated carbocycles. The van der Waals surface area contributed by atoms with Gasteiger partial charge >= 0.3 is 5.97 Å². The summed E-state index contributed by atoms with van der Waals surface area (Å²) in [6, 6.07) is 1.31. The molecule has 6 nitrogen and oxygen atoms in total. The smallest absolute Gasteiger partial charge is 0.337 e. The minimum Gasteiger partial charge on any atom is -0.478 e. The van der Waals surface area contributed by atoms with Crippen LogP contribution in [0.5, 0.6) is 0 Å². The van der Waals surface area contributed by atoms with Gasteiger partial charge in [0.05, 0.1) is 5.56 Å². The summed E-state index contributed by atoms with van der Waals surface area (Å²) in [5.74, 6) is -1.62. The number of rotatable bonds is 3. The number of carbonyl (C=O) groups is 2. The first-order valence-electron chi connectivity index (χ1n) is 3.97. The van der Waals surface area contributed by atoms with E-state index >= 15 is 0 Å². The van der Waals surface area contributed by atoms with Gasteiger partial charge < -0.3 is 16.6 Å². The molecule has 0 aliphatic heterocycles. The monoisotopic (exact) mass is 207 g/mol. The van der Waals surface area contributed by atoms with Gasteiger partial charge in [0.2, 0.25) is 5.91 Å². The Hall–Kier alpha value is -2.37. The highest BCUT2D eigenvalue weighted by Crippen LogP contribution is 2.12. The molecule has 0 aliphatic carbocycles. The molecule has 0 aromatic carbocycles. The van der Waals surface area contributed by atoms with Gasteiger partial charge in [-0.05, 0) is 12.1 Å². The molecule has 1 aromatic rings. The highest BCUT2D eigenvalue weighted by atomic mass is 16.4. The van der Waals surface area contributed by atoms with E-state index in [9.17, 15) is 9.59 Å². The molecule has 0 aliphatic rings. The van der Waals surface area contributed by atoms with Crippen molar-refractivity contribution in [3.05, 3.63) is 29.5 Å². The fourth-order valence-electron chi connectivity index (χ4n) is 0.915. The molecule has 0 saturated heterocycles. The molecule has 0 unspecified atom stereocenters. The summed E-state index contributed by atoms with van der Waals surface area (Å²) in [6.07, 6.45) is 3.54. The van der Waals surface area contributed by atoms with Crippen LogP contribution >= 0.6 is 0 Å². The molecule has 1 rings (SSSR count). The number of hydrogen-bond acceptors (Lipinski definition) is 4. The van der Waals surface area contributed by atoms with Crippen molar-refractivity contribution in [3.8, 4) is 0 Å². The Kier molecular flexibility index (Phi) is 3.02. The van der Waals surface area contributed by atoms with Gasteiger partial charge in [-0.2, -0.15) is 0 Å². The van der Waals surface area contributed by atoms with Crippen LogP contribution in [0, 0.1) is 0 Å². The highest BCUT2D eigenvalue weighted by molar-refractivity contribution is 5.92. The minimum atomic E-state index is -1.11. The summed E-state index contributed by atoms with van der Waals surface area (Å²) in [4.78, 5) is 24.7. The SMILES string of the molecule is NC(=O)C=Cc1cc(C(=O)O)cnc1N. The third kappa shape index (κ3) is 2.80. The van der Waals surface area contributed by atoms with Crippen LogP contribution in [-0.2, 0) is 4.79 Å². The van der Waals surface area contributed by atoms with Gasteiger partial charge in [-0.3, -0.25) is 4.79 Å². The van der Waals surface area contributed by atoms with Gasteiger partial charge in [0.1, 0.15) is 5.82 Å². The average Bonchev–Trinajstić information content (AvgIpc) is 2.16. The van der Waals surface area contributed by atoms with Crippen LogP contribution in [0.4, 0.5) is 5.82 Å². The Morgan fingerprint density at radius 2 is 2.13 bits per heavy atom. The number of aromatic carboxylic acids is 1. The zero-order valence-electron chi connectivity index (χ0n) is 7.68. The van der Waals surface area contributed by atoms with E-state index in [-0.39, 0.29) is 11.4 Å². The molecule has 0 atom stereocenters. The molecule has 5 N–H and O–H groups in total. The molecule has 78 valence electrons. The van der Waals surface area contributed by atoms with Crippen molar-refractivity contribution in [3.63, 3.8) is 0 Å². The Labute approximate surface area is 85.2 Å². The lowest BCUT2D eigenvalue weighted by atomic mass is 10.1. The van der Waals surface area contributed by atoms with Crippen molar-refractivity contribution >= 4 is 23.8 Å². The fraction of sp³-hybridized carbons (Fsp3) is 0. The van der Waals surface area contributed by atoms with Gasteiger partial charge in [-0.15, -0.1) is 0 Å². The van der Waals surface area contributed by atoms with E-state index in [1.165, 1.54) is 12.1 Å². The normalized spacial score (nSPS) is 10.4. The lowest BCUT2D eigenvalue weighted by Crippen LogP contribution is -2.06. The topological polar surface area (TPSA) is 119 Å². The average molecular weight is 207 g/mol. The number of nitrogen functional groups attached to an aromatic ring is 1. The number of nitrogens with two attached hydrogens (primary N) is 2. The number of nitrogens with zero attached hydrogens (tertiary/aromatic N) is 1. The molecule has 0 spiro atoms. The maximum Gasteiger partial charge on any atom is 0.337 e. The number of primary amides is 1. The van der Waals surface area contributed by atoms with E-state index in [0.29, 0.717) is 5.56 Å². The van der Waals surface area contributed by atoms with Crippen LogP contribution < -0.4 is 11.5 Å². The Bertz CT molecular complexity index is 440. The second-order valence-electron chi connectivity index (χ2n) is 2.74. The third-order valence-electron chi connectivity index (χ3n) is 1.62. The largest absolute Gasteiger partial charge is 0.478 e. The van der Waals surface area contributed by atoms with Crippen LogP contribution in [0.1, 0.15) is 15.9 Å². The summed E-state index contributed by atoms with van der Waals surface area (Å²) < 4.78 is 0. The van der Waals surface area contributed by atoms with Crippen molar-refractivity contribution in [2.75, 3.05) is 5.73 Å². The van der Waals surface area contributed by atoms with E-state index < -0.39 is 11.9 Å².